The minimum atomic E-state index is 0.595. The molecule has 2 nitrogen and oxygen atoms in total. The lowest BCUT2D eigenvalue weighted by atomic mass is 10.1. The molecule has 0 saturated carbocycles. The van der Waals surface area contributed by atoms with Crippen LogP contribution in [0.3, 0.4) is 0 Å². The zero-order valence-corrected chi connectivity index (χ0v) is 9.32. The minimum absolute atomic E-state index is 0.595. The van der Waals surface area contributed by atoms with E-state index < -0.39 is 0 Å². The normalized spacial score (nSPS) is 10.5. The molecule has 0 amide bonds. The molecule has 2 rings (SSSR count). The summed E-state index contributed by atoms with van der Waals surface area (Å²) in [5, 5.41) is 1.25. The molecule has 0 radical (unpaired) electrons. The molecule has 2 heteroatoms. The number of fused-ring (bicyclic) bond motifs is 1. The fraction of sp³-hybridized carbons (Fsp3) is 0.286. The lowest BCUT2D eigenvalue weighted by molar-refractivity contribution is 0.677. The van der Waals surface area contributed by atoms with Crippen LogP contribution in [-0.4, -0.2) is 4.57 Å². The molecule has 0 bridgehead atoms. The van der Waals surface area contributed by atoms with Crippen molar-refractivity contribution in [1.29, 1.82) is 0 Å². The first-order valence-corrected chi connectivity index (χ1v) is 5.56. The van der Waals surface area contributed by atoms with E-state index in [0.29, 0.717) is 6.54 Å². The molecule has 2 N–H and O–H groups in total. The smallest absolute Gasteiger partial charge is 0.0480 e. The summed E-state index contributed by atoms with van der Waals surface area (Å²) in [6.07, 6.45) is 9.22. The number of benzene rings is 1. The number of hydrogen-bond acceptors (Lipinski definition) is 1. The lowest BCUT2D eigenvalue weighted by Crippen LogP contribution is -1.97. The van der Waals surface area contributed by atoms with Crippen LogP contribution < -0.4 is 5.73 Å². The lowest BCUT2D eigenvalue weighted by Gasteiger charge is -2.04. The molecule has 0 aliphatic rings. The topological polar surface area (TPSA) is 30.9 Å². The molecule has 0 fully saturated rings. The summed E-state index contributed by atoms with van der Waals surface area (Å²) in [6.45, 7) is 1.58. The monoisotopic (exact) mass is 212 g/mol. The van der Waals surface area contributed by atoms with Gasteiger partial charge >= 0.3 is 0 Å². The average molecular weight is 212 g/mol. The van der Waals surface area contributed by atoms with E-state index in [-0.39, 0.29) is 0 Å². The number of rotatable bonds is 4. The Morgan fingerprint density at radius 1 is 1.31 bits per heavy atom. The van der Waals surface area contributed by atoms with Crippen molar-refractivity contribution in [2.45, 2.75) is 25.9 Å². The van der Waals surface area contributed by atoms with Crippen LogP contribution in [0.2, 0.25) is 0 Å². The van der Waals surface area contributed by atoms with Gasteiger partial charge in [0.05, 0.1) is 0 Å². The quantitative estimate of drug-likeness (QED) is 0.612. The summed E-state index contributed by atoms with van der Waals surface area (Å²) >= 11 is 0. The first-order chi connectivity index (χ1) is 7.85. The standard InChI is InChI=1S/C14H16N2/c1-2-3-4-8-16-9-7-13-10-12(11-15)5-6-14(13)16/h1,5-7,9-10H,3-4,8,11,15H2. The van der Waals surface area contributed by atoms with Gasteiger partial charge < -0.3 is 10.3 Å². The Bertz CT molecular complexity index is 517. The highest BCUT2D eigenvalue weighted by molar-refractivity contribution is 5.80. The number of terminal acetylenes is 1. The Labute approximate surface area is 96.1 Å². The third kappa shape index (κ3) is 2.10. The third-order valence-electron chi connectivity index (χ3n) is 2.79. The zero-order valence-electron chi connectivity index (χ0n) is 9.32. The fourth-order valence-corrected chi connectivity index (χ4v) is 1.92. The number of unbranched alkanes of at least 4 members (excludes halogenated alkanes) is 1. The van der Waals surface area contributed by atoms with E-state index in [1.807, 2.05) is 0 Å². The number of aryl methyl sites for hydroxylation is 1. The first kappa shape index (κ1) is 10.8. The van der Waals surface area contributed by atoms with E-state index in [4.69, 9.17) is 12.2 Å². The van der Waals surface area contributed by atoms with Gasteiger partial charge in [0.1, 0.15) is 0 Å². The predicted octanol–water partition coefficient (Wildman–Crippen LogP) is 2.51. The van der Waals surface area contributed by atoms with Crippen LogP contribution >= 0.6 is 0 Å². The van der Waals surface area contributed by atoms with Gasteiger partial charge in [-0.15, -0.1) is 12.3 Å². The highest BCUT2D eigenvalue weighted by Crippen LogP contribution is 2.18. The van der Waals surface area contributed by atoms with Crippen molar-refractivity contribution in [1.82, 2.24) is 4.57 Å². The molecule has 0 atom stereocenters. The van der Waals surface area contributed by atoms with Crippen molar-refractivity contribution in [3.05, 3.63) is 36.0 Å². The summed E-state index contributed by atoms with van der Waals surface area (Å²) in [6, 6.07) is 8.49. The molecule has 0 aliphatic carbocycles. The van der Waals surface area contributed by atoms with Crippen molar-refractivity contribution in [2.75, 3.05) is 0 Å². The second-order valence-corrected chi connectivity index (χ2v) is 3.91. The van der Waals surface area contributed by atoms with Gasteiger partial charge in [-0.05, 0) is 35.6 Å². The zero-order chi connectivity index (χ0) is 11.4. The van der Waals surface area contributed by atoms with Crippen molar-refractivity contribution >= 4 is 10.9 Å². The maximum absolute atomic E-state index is 5.62. The summed E-state index contributed by atoms with van der Waals surface area (Å²) in [5.41, 5.74) is 8.05. The van der Waals surface area contributed by atoms with E-state index in [1.165, 1.54) is 16.5 Å². The minimum Gasteiger partial charge on any atom is -0.347 e. The number of nitrogens with zero attached hydrogens (tertiary/aromatic N) is 1. The van der Waals surface area contributed by atoms with Crippen molar-refractivity contribution in [2.24, 2.45) is 5.73 Å². The molecule has 0 unspecified atom stereocenters. The molecular weight excluding hydrogens is 196 g/mol. The van der Waals surface area contributed by atoms with Crippen molar-refractivity contribution < 1.29 is 0 Å². The Balaban J connectivity index is 2.24. The molecule has 0 aliphatic heterocycles. The van der Waals surface area contributed by atoms with E-state index in [1.54, 1.807) is 0 Å². The molecule has 0 saturated heterocycles. The van der Waals surface area contributed by atoms with Gasteiger partial charge in [0.15, 0.2) is 0 Å². The molecule has 82 valence electrons. The number of aromatic nitrogens is 1. The van der Waals surface area contributed by atoms with Crippen LogP contribution in [0.1, 0.15) is 18.4 Å². The van der Waals surface area contributed by atoms with Gasteiger partial charge in [0.25, 0.3) is 0 Å². The number of hydrogen-bond donors (Lipinski definition) is 1. The Morgan fingerprint density at radius 2 is 2.19 bits per heavy atom. The van der Waals surface area contributed by atoms with E-state index in [0.717, 1.165) is 19.4 Å². The molecule has 1 aromatic heterocycles. The second kappa shape index (κ2) is 4.87. The van der Waals surface area contributed by atoms with Gasteiger partial charge in [-0.2, -0.15) is 0 Å². The molecule has 1 heterocycles. The SMILES string of the molecule is C#CCCCn1ccc2cc(CN)ccc21. The molecule has 2 aromatic rings. The first-order valence-electron chi connectivity index (χ1n) is 5.56. The molecule has 1 aromatic carbocycles. The average Bonchev–Trinajstić information content (AvgIpc) is 2.72. The Morgan fingerprint density at radius 3 is 2.94 bits per heavy atom. The van der Waals surface area contributed by atoms with Crippen molar-refractivity contribution in [3.63, 3.8) is 0 Å². The number of nitrogens with two attached hydrogens (primary N) is 1. The summed E-state index contributed by atoms with van der Waals surface area (Å²) in [7, 11) is 0. The van der Waals surface area contributed by atoms with Crippen LogP contribution in [0.4, 0.5) is 0 Å². The summed E-state index contributed by atoms with van der Waals surface area (Å²) in [5.74, 6) is 2.67. The van der Waals surface area contributed by atoms with Gasteiger partial charge in [-0.25, -0.2) is 0 Å². The van der Waals surface area contributed by atoms with E-state index >= 15 is 0 Å². The van der Waals surface area contributed by atoms with Crippen LogP contribution in [0.15, 0.2) is 30.5 Å². The van der Waals surface area contributed by atoms with Crippen LogP contribution in [0.5, 0.6) is 0 Å². The maximum atomic E-state index is 5.62. The van der Waals surface area contributed by atoms with Crippen LogP contribution in [0, 0.1) is 12.3 Å². The van der Waals surface area contributed by atoms with Gasteiger partial charge in [0, 0.05) is 31.2 Å². The second-order valence-electron chi connectivity index (χ2n) is 3.91. The highest BCUT2D eigenvalue weighted by atomic mass is 14.9. The van der Waals surface area contributed by atoms with Gasteiger partial charge in [-0.1, -0.05) is 6.07 Å². The van der Waals surface area contributed by atoms with E-state index in [9.17, 15) is 0 Å². The fourth-order valence-electron chi connectivity index (χ4n) is 1.92. The Hall–Kier alpha value is -1.72. The highest BCUT2D eigenvalue weighted by Gasteiger charge is 2.01. The summed E-state index contributed by atoms with van der Waals surface area (Å²) < 4.78 is 2.24. The largest absolute Gasteiger partial charge is 0.347 e. The predicted molar refractivity (Wildman–Crippen MR) is 67.9 cm³/mol. The summed E-state index contributed by atoms with van der Waals surface area (Å²) in [4.78, 5) is 0. The van der Waals surface area contributed by atoms with Gasteiger partial charge in [-0.3, -0.25) is 0 Å². The van der Waals surface area contributed by atoms with Gasteiger partial charge in [0.2, 0.25) is 0 Å². The third-order valence-corrected chi connectivity index (χ3v) is 2.79. The maximum Gasteiger partial charge on any atom is 0.0480 e. The molecule has 16 heavy (non-hydrogen) atoms. The Kier molecular flexibility index (Phi) is 3.28. The van der Waals surface area contributed by atoms with E-state index in [2.05, 4.69) is 40.9 Å². The molecular formula is C14H16N2. The molecule has 0 spiro atoms. The van der Waals surface area contributed by atoms with Crippen LogP contribution in [0.25, 0.3) is 10.9 Å². The van der Waals surface area contributed by atoms with Crippen molar-refractivity contribution in [3.8, 4) is 12.3 Å². The van der Waals surface area contributed by atoms with Crippen LogP contribution in [-0.2, 0) is 13.1 Å².